The monoisotopic (exact) mass is 316 g/mol. The third kappa shape index (κ3) is 2.11. The number of alkyl carbamates (subject to hydrolysis) is 1. The van der Waals surface area contributed by atoms with Gasteiger partial charge in [-0.05, 0) is 25.7 Å². The van der Waals surface area contributed by atoms with Crippen molar-refractivity contribution in [2.45, 2.75) is 36.0 Å². The maximum absolute atomic E-state index is 12.3. The van der Waals surface area contributed by atoms with Crippen molar-refractivity contribution < 1.29 is 14.3 Å². The third-order valence-electron chi connectivity index (χ3n) is 4.21. The van der Waals surface area contributed by atoms with Crippen molar-refractivity contribution in [3.05, 3.63) is 0 Å². The van der Waals surface area contributed by atoms with Crippen LogP contribution in [0, 0.1) is 5.92 Å². The molecule has 1 spiro atoms. The molecule has 1 saturated carbocycles. The Labute approximate surface area is 114 Å². The van der Waals surface area contributed by atoms with Crippen LogP contribution in [0.25, 0.3) is 0 Å². The number of likely N-dealkylation sites (tertiary alicyclic amines) is 1. The van der Waals surface area contributed by atoms with E-state index in [1.54, 1.807) is 0 Å². The van der Waals surface area contributed by atoms with Crippen LogP contribution in [0.4, 0.5) is 4.79 Å². The van der Waals surface area contributed by atoms with E-state index in [-0.39, 0.29) is 23.5 Å². The first-order valence-corrected chi connectivity index (χ1v) is 7.37. The van der Waals surface area contributed by atoms with Crippen molar-refractivity contribution in [2.75, 3.05) is 19.7 Å². The molecule has 3 aliphatic rings. The molecule has 3 fully saturated rings. The van der Waals surface area contributed by atoms with Crippen LogP contribution in [-0.4, -0.2) is 47.0 Å². The summed E-state index contributed by atoms with van der Waals surface area (Å²) < 4.78 is 4.92. The first kappa shape index (κ1) is 12.3. The van der Waals surface area contributed by atoms with Gasteiger partial charge in [0.25, 0.3) is 0 Å². The highest BCUT2D eigenvalue weighted by molar-refractivity contribution is 9.09. The van der Waals surface area contributed by atoms with Gasteiger partial charge in [-0.2, -0.15) is 0 Å². The van der Waals surface area contributed by atoms with Gasteiger partial charge in [-0.3, -0.25) is 4.79 Å². The van der Waals surface area contributed by atoms with Crippen LogP contribution < -0.4 is 5.32 Å². The average molecular weight is 317 g/mol. The van der Waals surface area contributed by atoms with Gasteiger partial charge >= 0.3 is 6.09 Å². The summed E-state index contributed by atoms with van der Waals surface area (Å²) in [4.78, 5) is 25.8. The van der Waals surface area contributed by atoms with Gasteiger partial charge in [0.15, 0.2) is 0 Å². The molecular formula is C12H17BrN2O3. The second-order valence-electron chi connectivity index (χ2n) is 5.59. The molecule has 1 N–H and O–H groups in total. The van der Waals surface area contributed by atoms with Crippen molar-refractivity contribution in [3.63, 3.8) is 0 Å². The number of nitrogens with zero attached hydrogens (tertiary/aromatic N) is 1. The van der Waals surface area contributed by atoms with Crippen LogP contribution in [0.2, 0.25) is 0 Å². The number of ether oxygens (including phenoxy) is 1. The Morgan fingerprint density at radius 1 is 1.39 bits per heavy atom. The molecule has 2 heterocycles. The summed E-state index contributed by atoms with van der Waals surface area (Å²) in [6, 6.07) is 0. The second kappa shape index (κ2) is 4.40. The molecule has 0 aromatic carbocycles. The maximum atomic E-state index is 12.3. The molecule has 6 heteroatoms. The Balaban J connectivity index is 1.52. The van der Waals surface area contributed by atoms with Crippen LogP contribution in [0.1, 0.15) is 25.7 Å². The molecule has 0 radical (unpaired) electrons. The summed E-state index contributed by atoms with van der Waals surface area (Å²) in [6.07, 6.45) is 3.17. The molecule has 2 saturated heterocycles. The molecule has 0 aromatic rings. The SMILES string of the molecule is O=C1N[C@]2(CO1)C[C@H](C(=O)N1CCC(Br)CC1)C2. The fourth-order valence-corrected chi connectivity index (χ4v) is 3.51. The smallest absolute Gasteiger partial charge is 0.407 e. The van der Waals surface area contributed by atoms with Crippen LogP contribution in [0.5, 0.6) is 0 Å². The number of alkyl halides is 1. The Morgan fingerprint density at radius 2 is 2.06 bits per heavy atom. The molecule has 2 amide bonds. The third-order valence-corrected chi connectivity index (χ3v) is 5.12. The zero-order valence-electron chi connectivity index (χ0n) is 10.2. The molecule has 0 aromatic heterocycles. The van der Waals surface area contributed by atoms with E-state index in [9.17, 15) is 9.59 Å². The summed E-state index contributed by atoms with van der Waals surface area (Å²) >= 11 is 3.59. The van der Waals surface area contributed by atoms with Crippen LogP contribution >= 0.6 is 15.9 Å². The number of hydrogen-bond acceptors (Lipinski definition) is 3. The van der Waals surface area contributed by atoms with Gasteiger partial charge in [-0.25, -0.2) is 4.79 Å². The van der Waals surface area contributed by atoms with E-state index in [1.165, 1.54) is 0 Å². The quantitative estimate of drug-likeness (QED) is 0.741. The number of piperidine rings is 1. The number of rotatable bonds is 1. The zero-order valence-corrected chi connectivity index (χ0v) is 11.7. The lowest BCUT2D eigenvalue weighted by molar-refractivity contribution is -0.141. The molecule has 5 nitrogen and oxygen atoms in total. The van der Waals surface area contributed by atoms with Crippen molar-refractivity contribution in [2.24, 2.45) is 5.92 Å². The van der Waals surface area contributed by atoms with E-state index < -0.39 is 0 Å². The lowest BCUT2D eigenvalue weighted by atomic mass is 9.68. The summed E-state index contributed by atoms with van der Waals surface area (Å²) in [6.45, 7) is 2.11. The number of carbonyl (C=O) groups is 2. The van der Waals surface area contributed by atoms with Crippen molar-refractivity contribution in [3.8, 4) is 0 Å². The van der Waals surface area contributed by atoms with E-state index in [0.29, 0.717) is 11.4 Å². The first-order valence-electron chi connectivity index (χ1n) is 6.46. The lowest BCUT2D eigenvalue weighted by Crippen LogP contribution is -2.58. The molecule has 100 valence electrons. The Bertz CT molecular complexity index is 374. The van der Waals surface area contributed by atoms with Gasteiger partial charge in [0.2, 0.25) is 5.91 Å². The number of nitrogens with one attached hydrogen (secondary N) is 1. The molecule has 0 bridgehead atoms. The number of cyclic esters (lactones) is 1. The van der Waals surface area contributed by atoms with Gasteiger partial charge in [-0.15, -0.1) is 0 Å². The van der Waals surface area contributed by atoms with Gasteiger partial charge in [0.05, 0.1) is 5.54 Å². The molecular weight excluding hydrogens is 300 g/mol. The summed E-state index contributed by atoms with van der Waals surface area (Å²) in [5.41, 5.74) is -0.245. The van der Waals surface area contributed by atoms with E-state index in [2.05, 4.69) is 21.2 Å². The van der Waals surface area contributed by atoms with Crippen LogP contribution in [-0.2, 0) is 9.53 Å². The number of carbonyl (C=O) groups excluding carboxylic acids is 2. The maximum Gasteiger partial charge on any atom is 0.407 e. The Kier molecular flexibility index (Phi) is 3.00. The predicted octanol–water partition coefficient (Wildman–Crippen LogP) is 1.26. The van der Waals surface area contributed by atoms with Crippen molar-refractivity contribution in [1.82, 2.24) is 10.2 Å². The highest BCUT2D eigenvalue weighted by atomic mass is 79.9. The fraction of sp³-hybridized carbons (Fsp3) is 0.833. The van der Waals surface area contributed by atoms with Gasteiger partial charge in [0.1, 0.15) is 6.61 Å². The fourth-order valence-electron chi connectivity index (χ4n) is 3.10. The zero-order chi connectivity index (χ0) is 12.8. The normalized spacial score (nSPS) is 36.2. The van der Waals surface area contributed by atoms with Gasteiger partial charge < -0.3 is 15.0 Å². The largest absolute Gasteiger partial charge is 0.447 e. The molecule has 3 rings (SSSR count). The topological polar surface area (TPSA) is 58.6 Å². The van der Waals surface area contributed by atoms with E-state index in [0.717, 1.165) is 38.8 Å². The minimum Gasteiger partial charge on any atom is -0.447 e. The standard InChI is InChI=1S/C12H17BrN2O3/c13-9-1-3-15(4-2-9)10(16)8-5-12(6-8)7-18-11(17)14-12/h8-9H,1-7H2,(H,14,17)/t8-,12+. The Hall–Kier alpha value is -0.780. The van der Waals surface area contributed by atoms with Gasteiger partial charge in [0, 0.05) is 23.8 Å². The minimum atomic E-state index is -0.346. The summed E-state index contributed by atoms with van der Waals surface area (Å²) in [5.74, 6) is 0.319. The van der Waals surface area contributed by atoms with Crippen molar-refractivity contribution >= 4 is 27.9 Å². The molecule has 18 heavy (non-hydrogen) atoms. The number of amides is 2. The van der Waals surface area contributed by atoms with Crippen LogP contribution in [0.3, 0.4) is 0 Å². The molecule has 1 aliphatic carbocycles. The highest BCUT2D eigenvalue weighted by Gasteiger charge is 2.53. The van der Waals surface area contributed by atoms with E-state index >= 15 is 0 Å². The predicted molar refractivity (Wildman–Crippen MR) is 68.5 cm³/mol. The van der Waals surface area contributed by atoms with Crippen molar-refractivity contribution in [1.29, 1.82) is 0 Å². The average Bonchev–Trinajstić information content (AvgIpc) is 2.70. The van der Waals surface area contributed by atoms with Gasteiger partial charge in [-0.1, -0.05) is 15.9 Å². The molecule has 0 atom stereocenters. The molecule has 2 aliphatic heterocycles. The highest BCUT2D eigenvalue weighted by Crippen LogP contribution is 2.41. The first-order chi connectivity index (χ1) is 8.58. The summed E-state index contributed by atoms with van der Waals surface area (Å²) in [7, 11) is 0. The number of hydrogen-bond donors (Lipinski definition) is 1. The molecule has 0 unspecified atom stereocenters. The number of halogens is 1. The van der Waals surface area contributed by atoms with Crippen LogP contribution in [0.15, 0.2) is 0 Å². The van der Waals surface area contributed by atoms with E-state index in [1.807, 2.05) is 4.90 Å². The summed E-state index contributed by atoms with van der Waals surface area (Å²) in [5, 5.41) is 2.82. The second-order valence-corrected chi connectivity index (χ2v) is 6.88. The van der Waals surface area contributed by atoms with E-state index in [4.69, 9.17) is 4.74 Å². The Morgan fingerprint density at radius 3 is 2.61 bits per heavy atom. The minimum absolute atomic E-state index is 0.0684. The lowest BCUT2D eigenvalue weighted by Gasteiger charge is -2.44.